The van der Waals surface area contributed by atoms with Crippen molar-refractivity contribution < 1.29 is 18.4 Å². The molecule has 2 aliphatic rings. The van der Waals surface area contributed by atoms with Gasteiger partial charge in [-0.25, -0.2) is 4.39 Å². The molecule has 1 saturated heterocycles. The fraction of sp³-hybridized carbons (Fsp3) is 0.368. The summed E-state index contributed by atoms with van der Waals surface area (Å²) in [6.07, 6.45) is 2.30. The van der Waals surface area contributed by atoms with E-state index in [1.54, 1.807) is 29.2 Å². The van der Waals surface area contributed by atoms with Crippen LogP contribution < -0.4 is 0 Å². The Kier molecular flexibility index (Phi) is 4.03. The lowest BCUT2D eigenvalue weighted by atomic mass is 10.1. The first-order valence-corrected chi connectivity index (χ1v) is 8.50. The van der Waals surface area contributed by atoms with Gasteiger partial charge in [0.25, 0.3) is 5.91 Å². The number of rotatable bonds is 3. The zero-order valence-corrected chi connectivity index (χ0v) is 13.7. The van der Waals surface area contributed by atoms with E-state index >= 15 is 0 Å². The van der Waals surface area contributed by atoms with E-state index in [2.05, 4.69) is 0 Å². The summed E-state index contributed by atoms with van der Waals surface area (Å²) in [7, 11) is 0. The van der Waals surface area contributed by atoms with Crippen molar-refractivity contribution in [2.75, 3.05) is 26.2 Å². The van der Waals surface area contributed by atoms with Crippen molar-refractivity contribution in [3.8, 4) is 0 Å². The first-order chi connectivity index (χ1) is 12.1. The predicted molar refractivity (Wildman–Crippen MR) is 88.4 cm³/mol. The van der Waals surface area contributed by atoms with Gasteiger partial charge in [0.05, 0.1) is 6.26 Å². The molecule has 0 bridgehead atoms. The van der Waals surface area contributed by atoms with Gasteiger partial charge in [-0.05, 0) is 42.2 Å². The second kappa shape index (κ2) is 6.35. The highest BCUT2D eigenvalue weighted by molar-refractivity contribution is 5.91. The van der Waals surface area contributed by atoms with Gasteiger partial charge in [0, 0.05) is 32.1 Å². The summed E-state index contributed by atoms with van der Waals surface area (Å²) < 4.78 is 18.2. The van der Waals surface area contributed by atoms with E-state index < -0.39 is 0 Å². The van der Waals surface area contributed by atoms with Crippen LogP contribution in [0.25, 0.3) is 0 Å². The van der Waals surface area contributed by atoms with Gasteiger partial charge in [0.15, 0.2) is 5.76 Å². The molecule has 5 nitrogen and oxygen atoms in total. The molecular formula is C19H19FN2O3. The van der Waals surface area contributed by atoms with Gasteiger partial charge in [-0.15, -0.1) is 0 Å². The summed E-state index contributed by atoms with van der Waals surface area (Å²) in [6, 6.07) is 9.73. The summed E-state index contributed by atoms with van der Waals surface area (Å²) in [4.78, 5) is 28.4. The first-order valence-electron chi connectivity index (χ1n) is 8.50. The number of carbonyl (C=O) groups is 2. The number of benzene rings is 1. The molecule has 0 N–H and O–H groups in total. The summed E-state index contributed by atoms with van der Waals surface area (Å²) in [5.74, 6) is 0.253. The van der Waals surface area contributed by atoms with E-state index in [0.29, 0.717) is 31.9 Å². The van der Waals surface area contributed by atoms with Crippen LogP contribution in [0.1, 0.15) is 28.5 Å². The SMILES string of the molecule is O=C(c1ccco1)N1CCN(C(=O)[C@@H]2C[C@@H]2c2ccc(F)cc2)CC1. The third-order valence-corrected chi connectivity index (χ3v) is 5.02. The van der Waals surface area contributed by atoms with Crippen molar-refractivity contribution >= 4 is 11.8 Å². The van der Waals surface area contributed by atoms with E-state index in [-0.39, 0.29) is 29.5 Å². The maximum atomic E-state index is 13.0. The van der Waals surface area contributed by atoms with Gasteiger partial charge in [0.2, 0.25) is 5.91 Å². The Hall–Kier alpha value is -2.63. The summed E-state index contributed by atoms with van der Waals surface area (Å²) in [6.45, 7) is 2.11. The van der Waals surface area contributed by atoms with Crippen LogP contribution in [0.3, 0.4) is 0 Å². The maximum absolute atomic E-state index is 13.0. The minimum absolute atomic E-state index is 0.0159. The standard InChI is InChI=1S/C19H19FN2O3/c20-14-5-3-13(4-6-14)15-12-16(15)18(23)21-7-9-22(10-8-21)19(24)17-2-1-11-25-17/h1-6,11,15-16H,7-10,12H2/t15-,16-/m1/s1. The highest BCUT2D eigenvalue weighted by atomic mass is 19.1. The van der Waals surface area contributed by atoms with E-state index in [4.69, 9.17) is 4.42 Å². The lowest BCUT2D eigenvalue weighted by Gasteiger charge is -2.34. The first kappa shape index (κ1) is 15.9. The molecule has 2 aromatic rings. The topological polar surface area (TPSA) is 53.8 Å². The molecule has 1 aliphatic carbocycles. The highest BCUT2D eigenvalue weighted by Gasteiger charge is 2.46. The third kappa shape index (κ3) is 3.16. The molecular weight excluding hydrogens is 323 g/mol. The molecule has 2 heterocycles. The van der Waals surface area contributed by atoms with Crippen LogP contribution in [0, 0.1) is 11.7 Å². The van der Waals surface area contributed by atoms with Crippen LogP contribution in [-0.2, 0) is 4.79 Å². The number of furan rings is 1. The van der Waals surface area contributed by atoms with Crippen molar-refractivity contribution in [2.24, 2.45) is 5.92 Å². The van der Waals surface area contributed by atoms with Crippen LogP contribution in [0.15, 0.2) is 47.1 Å². The number of piperazine rings is 1. The number of carbonyl (C=O) groups excluding carboxylic acids is 2. The second-order valence-corrected chi connectivity index (χ2v) is 6.60. The fourth-order valence-electron chi connectivity index (χ4n) is 3.47. The molecule has 0 radical (unpaired) electrons. The molecule has 1 aliphatic heterocycles. The quantitative estimate of drug-likeness (QED) is 0.861. The van der Waals surface area contributed by atoms with Crippen LogP contribution >= 0.6 is 0 Å². The van der Waals surface area contributed by atoms with Gasteiger partial charge in [-0.2, -0.15) is 0 Å². The molecule has 6 heteroatoms. The van der Waals surface area contributed by atoms with Crippen LogP contribution in [0.5, 0.6) is 0 Å². The minimum atomic E-state index is -0.260. The fourth-order valence-corrected chi connectivity index (χ4v) is 3.47. The normalized spacial score (nSPS) is 22.8. The molecule has 2 fully saturated rings. The number of hydrogen-bond donors (Lipinski definition) is 0. The lowest BCUT2D eigenvalue weighted by molar-refractivity contribution is -0.134. The molecule has 25 heavy (non-hydrogen) atoms. The van der Waals surface area contributed by atoms with Gasteiger partial charge in [-0.1, -0.05) is 12.1 Å². The summed E-state index contributed by atoms with van der Waals surface area (Å²) in [5.41, 5.74) is 1.02. The molecule has 4 rings (SSSR count). The van der Waals surface area contributed by atoms with E-state index in [0.717, 1.165) is 12.0 Å². The van der Waals surface area contributed by atoms with Crippen molar-refractivity contribution in [1.29, 1.82) is 0 Å². The number of nitrogens with zero attached hydrogens (tertiary/aromatic N) is 2. The molecule has 2 atom stereocenters. The average molecular weight is 342 g/mol. The third-order valence-electron chi connectivity index (χ3n) is 5.02. The smallest absolute Gasteiger partial charge is 0.289 e. The average Bonchev–Trinajstić information content (AvgIpc) is 3.25. The molecule has 2 amide bonds. The van der Waals surface area contributed by atoms with Crippen molar-refractivity contribution in [3.05, 3.63) is 59.8 Å². The Morgan fingerprint density at radius 3 is 2.32 bits per heavy atom. The maximum Gasteiger partial charge on any atom is 0.289 e. The number of hydrogen-bond acceptors (Lipinski definition) is 3. The number of halogens is 1. The monoisotopic (exact) mass is 342 g/mol. The Balaban J connectivity index is 1.32. The Morgan fingerprint density at radius 2 is 1.68 bits per heavy atom. The van der Waals surface area contributed by atoms with Gasteiger partial charge in [-0.3, -0.25) is 9.59 Å². The lowest BCUT2D eigenvalue weighted by Crippen LogP contribution is -2.51. The van der Waals surface area contributed by atoms with Crippen molar-refractivity contribution in [3.63, 3.8) is 0 Å². The van der Waals surface area contributed by atoms with Crippen molar-refractivity contribution in [1.82, 2.24) is 9.80 Å². The highest BCUT2D eigenvalue weighted by Crippen LogP contribution is 2.48. The van der Waals surface area contributed by atoms with Gasteiger partial charge >= 0.3 is 0 Å². The molecule has 0 spiro atoms. The second-order valence-electron chi connectivity index (χ2n) is 6.60. The Labute approximate surface area is 145 Å². The van der Waals surface area contributed by atoms with Crippen LogP contribution in [0.4, 0.5) is 4.39 Å². The van der Waals surface area contributed by atoms with E-state index in [1.165, 1.54) is 18.4 Å². The summed E-state index contributed by atoms with van der Waals surface area (Å²) in [5, 5.41) is 0. The predicted octanol–water partition coefficient (Wildman–Crippen LogP) is 2.51. The zero-order chi connectivity index (χ0) is 17.4. The number of amides is 2. The molecule has 0 unspecified atom stereocenters. The molecule has 1 aromatic heterocycles. The molecule has 1 saturated carbocycles. The van der Waals surface area contributed by atoms with E-state index in [1.807, 2.05) is 4.90 Å². The largest absolute Gasteiger partial charge is 0.459 e. The minimum Gasteiger partial charge on any atom is -0.459 e. The van der Waals surface area contributed by atoms with Gasteiger partial charge < -0.3 is 14.2 Å². The Bertz CT molecular complexity index is 764. The molecule has 130 valence electrons. The molecule has 1 aromatic carbocycles. The van der Waals surface area contributed by atoms with Crippen LogP contribution in [0.2, 0.25) is 0 Å². The Morgan fingerprint density at radius 1 is 1.00 bits per heavy atom. The zero-order valence-electron chi connectivity index (χ0n) is 13.7. The van der Waals surface area contributed by atoms with Crippen LogP contribution in [-0.4, -0.2) is 47.8 Å². The van der Waals surface area contributed by atoms with E-state index in [9.17, 15) is 14.0 Å². The van der Waals surface area contributed by atoms with Crippen molar-refractivity contribution in [2.45, 2.75) is 12.3 Å². The van der Waals surface area contributed by atoms with Gasteiger partial charge in [0.1, 0.15) is 5.82 Å². The summed E-state index contributed by atoms with van der Waals surface area (Å²) >= 11 is 0.